The first-order valence-corrected chi connectivity index (χ1v) is 8.34. The highest BCUT2D eigenvalue weighted by Crippen LogP contribution is 2.16. The first kappa shape index (κ1) is 14.5. The summed E-state index contributed by atoms with van der Waals surface area (Å²) in [6, 6.07) is 4.13. The Hall–Kier alpha value is -1.42. The van der Waals surface area contributed by atoms with Crippen molar-refractivity contribution in [2.75, 3.05) is 26.2 Å². The minimum Gasteiger partial charge on any atom is -0.342 e. The molecule has 0 bridgehead atoms. The van der Waals surface area contributed by atoms with Crippen LogP contribution in [0.15, 0.2) is 24.5 Å². The van der Waals surface area contributed by atoms with Crippen molar-refractivity contribution in [1.82, 2.24) is 9.88 Å². The van der Waals surface area contributed by atoms with Crippen LogP contribution in [0, 0.1) is 5.92 Å². The van der Waals surface area contributed by atoms with E-state index in [2.05, 4.69) is 16.0 Å². The molecule has 2 aliphatic rings. The van der Waals surface area contributed by atoms with E-state index < -0.39 is 0 Å². The summed E-state index contributed by atoms with van der Waals surface area (Å²) in [6.07, 6.45) is 9.66. The quantitative estimate of drug-likeness (QED) is 0.897. The molecule has 2 aliphatic heterocycles. The SMILES string of the molecule is O=C([C@@H]1CCC[NH+](Cc2cccnc2)C1)N1CCCCC1. The minimum absolute atomic E-state index is 0.239. The summed E-state index contributed by atoms with van der Waals surface area (Å²) >= 11 is 0. The first-order chi connectivity index (χ1) is 10.3. The van der Waals surface area contributed by atoms with Gasteiger partial charge in [0.05, 0.1) is 19.0 Å². The van der Waals surface area contributed by atoms with Crippen molar-refractivity contribution in [3.8, 4) is 0 Å². The molecule has 0 aromatic carbocycles. The maximum Gasteiger partial charge on any atom is 0.231 e. The van der Waals surface area contributed by atoms with Crippen LogP contribution >= 0.6 is 0 Å². The molecule has 4 nitrogen and oxygen atoms in total. The number of hydrogen-bond donors (Lipinski definition) is 1. The lowest BCUT2D eigenvalue weighted by Gasteiger charge is -2.34. The molecule has 114 valence electrons. The number of likely N-dealkylation sites (tertiary alicyclic amines) is 2. The van der Waals surface area contributed by atoms with Crippen molar-refractivity contribution in [2.24, 2.45) is 5.92 Å². The summed E-state index contributed by atoms with van der Waals surface area (Å²) in [5.41, 5.74) is 1.28. The summed E-state index contributed by atoms with van der Waals surface area (Å²) in [4.78, 5) is 20.5. The van der Waals surface area contributed by atoms with Crippen LogP contribution in [0.2, 0.25) is 0 Å². The number of piperidine rings is 2. The lowest BCUT2D eigenvalue weighted by molar-refractivity contribution is -0.921. The van der Waals surface area contributed by atoms with Gasteiger partial charge >= 0.3 is 0 Å². The van der Waals surface area contributed by atoms with E-state index in [1.54, 1.807) is 0 Å². The number of quaternary nitrogens is 1. The topological polar surface area (TPSA) is 37.6 Å². The molecule has 3 heterocycles. The van der Waals surface area contributed by atoms with Gasteiger partial charge < -0.3 is 9.80 Å². The van der Waals surface area contributed by atoms with E-state index in [9.17, 15) is 4.79 Å². The average Bonchev–Trinajstić information content (AvgIpc) is 2.56. The number of nitrogens with one attached hydrogen (secondary N) is 1. The Morgan fingerprint density at radius 2 is 2.14 bits per heavy atom. The van der Waals surface area contributed by atoms with E-state index in [-0.39, 0.29) is 5.92 Å². The van der Waals surface area contributed by atoms with Gasteiger partial charge in [-0.25, -0.2) is 0 Å². The summed E-state index contributed by atoms with van der Waals surface area (Å²) < 4.78 is 0. The average molecular weight is 288 g/mol. The summed E-state index contributed by atoms with van der Waals surface area (Å²) in [6.45, 7) is 5.13. The van der Waals surface area contributed by atoms with Crippen molar-refractivity contribution in [3.63, 3.8) is 0 Å². The predicted octanol–water partition coefficient (Wildman–Crippen LogP) is 0.889. The zero-order valence-corrected chi connectivity index (χ0v) is 12.8. The molecule has 0 spiro atoms. The van der Waals surface area contributed by atoms with Crippen LogP contribution < -0.4 is 4.90 Å². The van der Waals surface area contributed by atoms with Gasteiger partial charge in [-0.15, -0.1) is 0 Å². The standard InChI is InChI=1S/C17H25N3O/c21-17(20-10-2-1-3-11-20)16-7-5-9-19(14-16)13-15-6-4-8-18-12-15/h4,6,8,12,16H,1-3,5,7,9-11,13-14H2/p+1/t16-/m1/s1. The maximum absolute atomic E-state index is 12.7. The van der Waals surface area contributed by atoms with Crippen molar-refractivity contribution in [2.45, 2.75) is 38.6 Å². The lowest BCUT2D eigenvalue weighted by Crippen LogP contribution is -3.12. The third-order valence-corrected chi connectivity index (χ3v) is 4.81. The smallest absolute Gasteiger partial charge is 0.231 e. The number of nitrogens with zero attached hydrogens (tertiary/aromatic N) is 2. The number of amides is 1. The first-order valence-electron chi connectivity index (χ1n) is 8.34. The van der Waals surface area contributed by atoms with Crippen molar-refractivity contribution in [1.29, 1.82) is 0 Å². The molecule has 1 aromatic heterocycles. The van der Waals surface area contributed by atoms with Gasteiger partial charge in [0.15, 0.2) is 0 Å². The van der Waals surface area contributed by atoms with Crippen molar-refractivity contribution < 1.29 is 9.69 Å². The molecule has 4 heteroatoms. The number of hydrogen-bond acceptors (Lipinski definition) is 2. The molecule has 0 aliphatic carbocycles. The van der Waals surface area contributed by atoms with Crippen LogP contribution in [0.4, 0.5) is 0 Å². The second kappa shape index (κ2) is 7.03. The summed E-state index contributed by atoms with van der Waals surface area (Å²) in [5.74, 6) is 0.654. The Balaban J connectivity index is 1.56. The molecule has 2 saturated heterocycles. The second-order valence-electron chi connectivity index (χ2n) is 6.47. The number of carbonyl (C=O) groups excluding carboxylic acids is 1. The van der Waals surface area contributed by atoms with E-state index in [1.807, 2.05) is 18.5 Å². The minimum atomic E-state index is 0.239. The van der Waals surface area contributed by atoms with Gasteiger partial charge in [-0.1, -0.05) is 6.07 Å². The van der Waals surface area contributed by atoms with Gasteiger partial charge in [0.25, 0.3) is 0 Å². The highest BCUT2D eigenvalue weighted by atomic mass is 16.2. The molecular weight excluding hydrogens is 262 g/mol. The van der Waals surface area contributed by atoms with Crippen LogP contribution in [-0.2, 0) is 11.3 Å². The normalized spacial score (nSPS) is 26.6. The van der Waals surface area contributed by atoms with Gasteiger partial charge in [-0.2, -0.15) is 0 Å². The van der Waals surface area contributed by atoms with Gasteiger partial charge in [0, 0.05) is 31.0 Å². The molecule has 0 saturated carbocycles. The third-order valence-electron chi connectivity index (χ3n) is 4.81. The highest BCUT2D eigenvalue weighted by Gasteiger charge is 2.32. The van der Waals surface area contributed by atoms with Gasteiger partial charge in [0.2, 0.25) is 5.91 Å². The zero-order valence-electron chi connectivity index (χ0n) is 12.8. The second-order valence-corrected chi connectivity index (χ2v) is 6.47. The van der Waals surface area contributed by atoms with Crippen LogP contribution in [0.1, 0.15) is 37.7 Å². The number of pyridine rings is 1. The van der Waals surface area contributed by atoms with E-state index in [0.717, 1.165) is 32.6 Å². The Bertz CT molecular complexity index is 456. The van der Waals surface area contributed by atoms with Crippen LogP contribution in [0.3, 0.4) is 0 Å². The Morgan fingerprint density at radius 1 is 1.29 bits per heavy atom. The third kappa shape index (κ3) is 3.82. The summed E-state index contributed by atoms with van der Waals surface area (Å²) in [5, 5.41) is 0. The highest BCUT2D eigenvalue weighted by molar-refractivity contribution is 5.79. The molecule has 0 radical (unpaired) electrons. The fourth-order valence-electron chi connectivity index (χ4n) is 3.69. The molecule has 1 amide bonds. The Kier molecular flexibility index (Phi) is 4.86. The summed E-state index contributed by atoms with van der Waals surface area (Å²) in [7, 11) is 0. The molecule has 21 heavy (non-hydrogen) atoms. The number of rotatable bonds is 3. The Morgan fingerprint density at radius 3 is 2.90 bits per heavy atom. The molecule has 2 atom stereocenters. The number of aromatic nitrogens is 1. The molecule has 1 unspecified atom stereocenters. The molecule has 2 fully saturated rings. The maximum atomic E-state index is 12.7. The Labute approximate surface area is 127 Å². The van der Waals surface area contributed by atoms with E-state index in [1.165, 1.54) is 42.7 Å². The van der Waals surface area contributed by atoms with Gasteiger partial charge in [-0.05, 0) is 38.2 Å². The van der Waals surface area contributed by atoms with Crippen LogP contribution in [-0.4, -0.2) is 42.0 Å². The van der Waals surface area contributed by atoms with E-state index >= 15 is 0 Å². The van der Waals surface area contributed by atoms with E-state index in [0.29, 0.717) is 5.91 Å². The fraction of sp³-hybridized carbons (Fsp3) is 0.647. The lowest BCUT2D eigenvalue weighted by atomic mass is 9.95. The predicted molar refractivity (Wildman–Crippen MR) is 81.8 cm³/mol. The molecule has 1 aromatic rings. The van der Waals surface area contributed by atoms with Crippen molar-refractivity contribution in [3.05, 3.63) is 30.1 Å². The van der Waals surface area contributed by atoms with Gasteiger partial charge in [0.1, 0.15) is 6.54 Å². The van der Waals surface area contributed by atoms with Gasteiger partial charge in [-0.3, -0.25) is 9.78 Å². The number of carbonyl (C=O) groups is 1. The molecule has 3 rings (SSSR count). The van der Waals surface area contributed by atoms with Crippen LogP contribution in [0.5, 0.6) is 0 Å². The zero-order chi connectivity index (χ0) is 14.5. The monoisotopic (exact) mass is 288 g/mol. The van der Waals surface area contributed by atoms with E-state index in [4.69, 9.17) is 0 Å². The van der Waals surface area contributed by atoms with Crippen molar-refractivity contribution >= 4 is 5.91 Å². The fourth-order valence-corrected chi connectivity index (χ4v) is 3.69. The largest absolute Gasteiger partial charge is 0.342 e. The van der Waals surface area contributed by atoms with Crippen LogP contribution in [0.25, 0.3) is 0 Å². The molecular formula is C17H26N3O+. The molecule has 1 N–H and O–H groups in total.